The Balaban J connectivity index is 1.60. The summed E-state index contributed by atoms with van der Waals surface area (Å²) in [6.07, 6.45) is -0.297. The van der Waals surface area contributed by atoms with Crippen molar-refractivity contribution in [3.05, 3.63) is 57.0 Å². The molecule has 1 aliphatic heterocycles. The second kappa shape index (κ2) is 7.29. The van der Waals surface area contributed by atoms with Gasteiger partial charge < -0.3 is 15.0 Å². The number of carbonyl (C=O) groups is 1. The number of amides is 2. The molecule has 1 aromatic heterocycles. The van der Waals surface area contributed by atoms with Gasteiger partial charge in [0.2, 0.25) is 0 Å². The summed E-state index contributed by atoms with van der Waals surface area (Å²) in [6.45, 7) is 1.89. The molecule has 2 amide bonds. The van der Waals surface area contributed by atoms with E-state index >= 15 is 0 Å². The number of nitrogens with zero attached hydrogens (tertiary/aromatic N) is 1. The summed E-state index contributed by atoms with van der Waals surface area (Å²) >= 11 is 7.42. The van der Waals surface area contributed by atoms with Crippen LogP contribution in [-0.2, 0) is 11.3 Å². The first-order valence-electron chi connectivity index (χ1n) is 7.24. The SMILES string of the molecule is O=C(NCc1ccsc1)N1CCO[C@H](c2ccc(F)c(Cl)c2)C1. The molecule has 4 nitrogen and oxygen atoms in total. The van der Waals surface area contributed by atoms with Crippen molar-refractivity contribution in [1.29, 1.82) is 0 Å². The van der Waals surface area contributed by atoms with Crippen LogP contribution in [-0.4, -0.2) is 30.6 Å². The lowest BCUT2D eigenvalue weighted by molar-refractivity contribution is -0.0155. The smallest absolute Gasteiger partial charge is 0.317 e. The summed E-state index contributed by atoms with van der Waals surface area (Å²) in [4.78, 5) is 14.0. The Bertz CT molecular complexity index is 681. The topological polar surface area (TPSA) is 41.6 Å². The lowest BCUT2D eigenvalue weighted by atomic mass is 10.1. The van der Waals surface area contributed by atoms with E-state index in [1.54, 1.807) is 28.4 Å². The summed E-state index contributed by atoms with van der Waals surface area (Å²) in [5, 5.41) is 6.94. The number of thiophene rings is 1. The van der Waals surface area contributed by atoms with Crippen LogP contribution in [0.2, 0.25) is 5.02 Å². The number of morpholine rings is 1. The van der Waals surface area contributed by atoms with Crippen molar-refractivity contribution in [1.82, 2.24) is 10.2 Å². The van der Waals surface area contributed by atoms with Crippen LogP contribution in [0.15, 0.2) is 35.0 Å². The summed E-state index contributed by atoms with van der Waals surface area (Å²) in [7, 11) is 0. The molecule has 0 saturated carbocycles. The predicted octanol–water partition coefficient (Wildman–Crippen LogP) is 3.82. The van der Waals surface area contributed by atoms with E-state index in [-0.39, 0.29) is 17.2 Å². The molecule has 3 rings (SSSR count). The van der Waals surface area contributed by atoms with Gasteiger partial charge in [0.05, 0.1) is 18.2 Å². The highest BCUT2D eigenvalue weighted by Crippen LogP contribution is 2.26. The number of nitrogens with one attached hydrogen (secondary N) is 1. The molecule has 7 heteroatoms. The summed E-state index contributed by atoms with van der Waals surface area (Å²) < 4.78 is 18.9. The number of carbonyl (C=O) groups excluding carboxylic acids is 1. The van der Waals surface area contributed by atoms with Gasteiger partial charge in [-0.2, -0.15) is 11.3 Å². The van der Waals surface area contributed by atoms with E-state index in [2.05, 4.69) is 5.32 Å². The van der Waals surface area contributed by atoms with Crippen molar-refractivity contribution >= 4 is 29.0 Å². The molecule has 1 N–H and O–H groups in total. The zero-order valence-electron chi connectivity index (χ0n) is 12.3. The second-order valence-electron chi connectivity index (χ2n) is 5.27. The van der Waals surface area contributed by atoms with Crippen LogP contribution in [0.4, 0.5) is 9.18 Å². The molecule has 1 saturated heterocycles. The third kappa shape index (κ3) is 4.02. The van der Waals surface area contributed by atoms with Crippen LogP contribution in [0.1, 0.15) is 17.2 Å². The third-order valence-electron chi connectivity index (χ3n) is 3.69. The fourth-order valence-corrected chi connectivity index (χ4v) is 3.29. The maximum absolute atomic E-state index is 13.3. The van der Waals surface area contributed by atoms with E-state index in [0.717, 1.165) is 11.1 Å². The monoisotopic (exact) mass is 354 g/mol. The molecular weight excluding hydrogens is 339 g/mol. The third-order valence-corrected chi connectivity index (χ3v) is 4.71. The maximum Gasteiger partial charge on any atom is 0.317 e. The van der Waals surface area contributed by atoms with Crippen molar-refractivity contribution in [2.24, 2.45) is 0 Å². The molecule has 1 aromatic carbocycles. The molecule has 0 aliphatic carbocycles. The molecule has 0 radical (unpaired) electrons. The van der Waals surface area contributed by atoms with Crippen molar-refractivity contribution in [2.45, 2.75) is 12.6 Å². The first-order valence-corrected chi connectivity index (χ1v) is 8.56. The van der Waals surface area contributed by atoms with E-state index in [4.69, 9.17) is 16.3 Å². The zero-order valence-corrected chi connectivity index (χ0v) is 13.9. The van der Waals surface area contributed by atoms with Gasteiger partial charge in [-0.25, -0.2) is 9.18 Å². The van der Waals surface area contributed by atoms with Gasteiger partial charge in [0.25, 0.3) is 0 Å². The quantitative estimate of drug-likeness (QED) is 0.910. The molecule has 1 fully saturated rings. The Labute approximate surface area is 142 Å². The highest BCUT2D eigenvalue weighted by molar-refractivity contribution is 7.07. The van der Waals surface area contributed by atoms with E-state index < -0.39 is 5.82 Å². The number of hydrogen-bond acceptors (Lipinski definition) is 3. The average Bonchev–Trinajstić information content (AvgIpc) is 3.09. The number of ether oxygens (including phenoxy) is 1. The second-order valence-corrected chi connectivity index (χ2v) is 6.46. The van der Waals surface area contributed by atoms with Gasteiger partial charge in [-0.15, -0.1) is 0 Å². The molecule has 122 valence electrons. The Morgan fingerprint density at radius 3 is 3.09 bits per heavy atom. The number of halogens is 2. The maximum atomic E-state index is 13.3. The van der Waals surface area contributed by atoms with Gasteiger partial charge in [-0.3, -0.25) is 0 Å². The molecule has 2 heterocycles. The summed E-state index contributed by atoms with van der Waals surface area (Å²) in [5.74, 6) is -0.461. The van der Waals surface area contributed by atoms with Gasteiger partial charge in [-0.05, 0) is 40.1 Å². The fraction of sp³-hybridized carbons (Fsp3) is 0.312. The van der Waals surface area contributed by atoms with E-state index in [1.807, 2.05) is 16.8 Å². The van der Waals surface area contributed by atoms with Crippen molar-refractivity contribution in [2.75, 3.05) is 19.7 Å². The minimum absolute atomic E-state index is 0.0603. The van der Waals surface area contributed by atoms with Gasteiger partial charge in [0.15, 0.2) is 0 Å². The zero-order chi connectivity index (χ0) is 16.2. The predicted molar refractivity (Wildman–Crippen MR) is 88.2 cm³/mol. The van der Waals surface area contributed by atoms with E-state index in [9.17, 15) is 9.18 Å². The first kappa shape index (κ1) is 16.2. The minimum atomic E-state index is -0.461. The normalized spacial score (nSPS) is 18.0. The largest absolute Gasteiger partial charge is 0.370 e. The number of benzene rings is 1. The molecule has 2 aromatic rings. The van der Waals surface area contributed by atoms with E-state index in [0.29, 0.717) is 26.2 Å². The number of urea groups is 1. The molecule has 0 spiro atoms. The number of rotatable bonds is 3. The van der Waals surface area contributed by atoms with E-state index in [1.165, 1.54) is 6.07 Å². The highest BCUT2D eigenvalue weighted by atomic mass is 35.5. The Morgan fingerprint density at radius 1 is 1.48 bits per heavy atom. The van der Waals surface area contributed by atoms with Crippen LogP contribution >= 0.6 is 22.9 Å². The van der Waals surface area contributed by atoms with Crippen molar-refractivity contribution in [3.63, 3.8) is 0 Å². The molecular formula is C16H16ClFN2O2S. The lowest BCUT2D eigenvalue weighted by Crippen LogP contribution is -2.46. The lowest BCUT2D eigenvalue weighted by Gasteiger charge is -2.33. The van der Waals surface area contributed by atoms with Crippen LogP contribution in [0.3, 0.4) is 0 Å². The van der Waals surface area contributed by atoms with Crippen molar-refractivity contribution in [3.8, 4) is 0 Å². The first-order chi connectivity index (χ1) is 11.1. The molecule has 23 heavy (non-hydrogen) atoms. The average molecular weight is 355 g/mol. The van der Waals surface area contributed by atoms with Gasteiger partial charge >= 0.3 is 6.03 Å². The van der Waals surface area contributed by atoms with Crippen molar-refractivity contribution < 1.29 is 13.9 Å². The molecule has 1 aliphatic rings. The van der Waals surface area contributed by atoms with Crippen LogP contribution in [0.5, 0.6) is 0 Å². The fourth-order valence-electron chi connectivity index (χ4n) is 2.43. The Morgan fingerprint density at radius 2 is 2.35 bits per heavy atom. The van der Waals surface area contributed by atoms with Gasteiger partial charge in [-0.1, -0.05) is 17.7 Å². The standard InChI is InChI=1S/C16H16ClFN2O2S/c17-13-7-12(1-2-14(13)18)15-9-20(4-5-22-15)16(21)19-8-11-3-6-23-10-11/h1-3,6-7,10,15H,4-5,8-9H2,(H,19,21)/t15-/m0/s1. The van der Waals surface area contributed by atoms with Crippen LogP contribution in [0, 0.1) is 5.82 Å². The number of hydrogen-bond donors (Lipinski definition) is 1. The molecule has 1 atom stereocenters. The highest BCUT2D eigenvalue weighted by Gasteiger charge is 2.25. The van der Waals surface area contributed by atoms with Crippen LogP contribution < -0.4 is 5.32 Å². The summed E-state index contributed by atoms with van der Waals surface area (Å²) in [6, 6.07) is 6.36. The Hall–Kier alpha value is -1.63. The van der Waals surface area contributed by atoms with Crippen LogP contribution in [0.25, 0.3) is 0 Å². The minimum Gasteiger partial charge on any atom is -0.370 e. The van der Waals surface area contributed by atoms with Gasteiger partial charge in [0, 0.05) is 13.1 Å². The molecule has 0 bridgehead atoms. The molecule has 0 unspecified atom stereocenters. The summed E-state index contributed by atoms with van der Waals surface area (Å²) in [5.41, 5.74) is 1.85. The van der Waals surface area contributed by atoms with Gasteiger partial charge in [0.1, 0.15) is 11.9 Å². The Kier molecular flexibility index (Phi) is 5.15.